The summed E-state index contributed by atoms with van der Waals surface area (Å²) >= 11 is 0. The summed E-state index contributed by atoms with van der Waals surface area (Å²) < 4.78 is 10.6. The molecule has 5 nitrogen and oxygen atoms in total. The van der Waals surface area contributed by atoms with Crippen LogP contribution in [0.25, 0.3) is 0 Å². The molecule has 0 aliphatic rings. The van der Waals surface area contributed by atoms with Crippen molar-refractivity contribution in [3.8, 4) is 5.75 Å². The van der Waals surface area contributed by atoms with Crippen molar-refractivity contribution < 1.29 is 19.4 Å². The van der Waals surface area contributed by atoms with Gasteiger partial charge in [0.1, 0.15) is 12.2 Å². The number of carbonyl (C=O) groups is 1. The SMILES string of the molecule is CC(C)OCCOc1cnccc1C(=O)O. The predicted octanol–water partition coefficient (Wildman–Crippen LogP) is 1.58. The van der Waals surface area contributed by atoms with E-state index < -0.39 is 5.97 Å². The molecule has 0 spiro atoms. The van der Waals surface area contributed by atoms with Gasteiger partial charge in [-0.1, -0.05) is 0 Å². The van der Waals surface area contributed by atoms with Gasteiger partial charge in [0.2, 0.25) is 0 Å². The molecule has 88 valence electrons. The Kier molecular flexibility index (Phi) is 4.72. The zero-order valence-corrected chi connectivity index (χ0v) is 9.34. The van der Waals surface area contributed by atoms with Crippen molar-refractivity contribution in [1.82, 2.24) is 4.98 Å². The van der Waals surface area contributed by atoms with Crippen LogP contribution in [0.15, 0.2) is 18.5 Å². The molecule has 1 aromatic rings. The van der Waals surface area contributed by atoms with Crippen LogP contribution in [0.4, 0.5) is 0 Å². The number of nitrogens with zero attached hydrogens (tertiary/aromatic N) is 1. The fourth-order valence-corrected chi connectivity index (χ4v) is 1.11. The molecule has 0 aromatic carbocycles. The van der Waals surface area contributed by atoms with Gasteiger partial charge < -0.3 is 14.6 Å². The average molecular weight is 225 g/mol. The summed E-state index contributed by atoms with van der Waals surface area (Å²) in [5.74, 6) is -0.760. The van der Waals surface area contributed by atoms with Crippen molar-refractivity contribution in [2.45, 2.75) is 20.0 Å². The quantitative estimate of drug-likeness (QED) is 0.744. The molecule has 0 amide bonds. The van der Waals surface area contributed by atoms with E-state index >= 15 is 0 Å². The Morgan fingerprint density at radius 3 is 2.88 bits per heavy atom. The molecule has 0 bridgehead atoms. The topological polar surface area (TPSA) is 68.7 Å². The largest absolute Gasteiger partial charge is 0.489 e. The van der Waals surface area contributed by atoms with Crippen LogP contribution in [0.3, 0.4) is 0 Å². The first-order valence-electron chi connectivity index (χ1n) is 5.03. The molecule has 0 radical (unpaired) electrons. The fourth-order valence-electron chi connectivity index (χ4n) is 1.11. The van der Waals surface area contributed by atoms with E-state index in [0.29, 0.717) is 13.2 Å². The molecule has 1 heterocycles. The second kappa shape index (κ2) is 6.07. The molecule has 16 heavy (non-hydrogen) atoms. The minimum absolute atomic E-state index is 0.111. The van der Waals surface area contributed by atoms with Crippen molar-refractivity contribution in [1.29, 1.82) is 0 Å². The summed E-state index contributed by atoms with van der Waals surface area (Å²) in [7, 11) is 0. The summed E-state index contributed by atoms with van der Waals surface area (Å²) in [6.45, 7) is 4.58. The van der Waals surface area contributed by atoms with Crippen LogP contribution in [-0.4, -0.2) is 35.4 Å². The first-order valence-corrected chi connectivity index (χ1v) is 5.03. The maximum Gasteiger partial charge on any atom is 0.339 e. The molecule has 0 aliphatic carbocycles. The third kappa shape index (κ3) is 3.86. The van der Waals surface area contributed by atoms with Gasteiger partial charge >= 0.3 is 5.97 Å². The smallest absolute Gasteiger partial charge is 0.339 e. The van der Waals surface area contributed by atoms with E-state index in [4.69, 9.17) is 14.6 Å². The monoisotopic (exact) mass is 225 g/mol. The first-order chi connectivity index (χ1) is 7.61. The number of hydrogen-bond acceptors (Lipinski definition) is 4. The summed E-state index contributed by atoms with van der Waals surface area (Å²) in [5, 5.41) is 8.87. The summed E-state index contributed by atoms with van der Waals surface area (Å²) in [6, 6.07) is 1.40. The van der Waals surface area contributed by atoms with Crippen molar-refractivity contribution >= 4 is 5.97 Å². The van der Waals surface area contributed by atoms with Crippen LogP contribution < -0.4 is 4.74 Å². The highest BCUT2D eigenvalue weighted by molar-refractivity contribution is 5.90. The number of aromatic nitrogens is 1. The van der Waals surface area contributed by atoms with Gasteiger partial charge in [0, 0.05) is 6.20 Å². The van der Waals surface area contributed by atoms with Crippen molar-refractivity contribution in [2.24, 2.45) is 0 Å². The van der Waals surface area contributed by atoms with E-state index in [0.717, 1.165) is 0 Å². The lowest BCUT2D eigenvalue weighted by molar-refractivity contribution is 0.0537. The van der Waals surface area contributed by atoms with Crippen LogP contribution in [0.2, 0.25) is 0 Å². The fraction of sp³-hybridized carbons (Fsp3) is 0.455. The van der Waals surface area contributed by atoms with E-state index in [1.54, 1.807) is 0 Å². The molecule has 1 aromatic heterocycles. The van der Waals surface area contributed by atoms with Crippen molar-refractivity contribution in [2.75, 3.05) is 13.2 Å². The molecule has 0 saturated heterocycles. The molecule has 0 aliphatic heterocycles. The molecule has 0 saturated carbocycles. The second-order valence-corrected chi connectivity index (χ2v) is 3.44. The first kappa shape index (κ1) is 12.4. The molecule has 1 N–H and O–H groups in total. The highest BCUT2D eigenvalue weighted by Gasteiger charge is 2.10. The lowest BCUT2D eigenvalue weighted by atomic mass is 10.2. The third-order valence-electron chi connectivity index (χ3n) is 1.81. The van der Waals surface area contributed by atoms with Crippen LogP contribution in [0.1, 0.15) is 24.2 Å². The van der Waals surface area contributed by atoms with Crippen LogP contribution in [-0.2, 0) is 4.74 Å². The average Bonchev–Trinajstić information content (AvgIpc) is 2.24. The molecule has 0 fully saturated rings. The van der Waals surface area contributed by atoms with Gasteiger partial charge in [-0.25, -0.2) is 4.79 Å². The van der Waals surface area contributed by atoms with E-state index in [-0.39, 0.29) is 17.4 Å². The predicted molar refractivity (Wildman–Crippen MR) is 57.8 cm³/mol. The Morgan fingerprint density at radius 2 is 2.25 bits per heavy atom. The Hall–Kier alpha value is -1.62. The Balaban J connectivity index is 2.50. The lowest BCUT2D eigenvalue weighted by Crippen LogP contribution is -2.12. The highest BCUT2D eigenvalue weighted by atomic mass is 16.5. The van der Waals surface area contributed by atoms with Crippen LogP contribution in [0.5, 0.6) is 5.75 Å². The maximum atomic E-state index is 10.8. The Bertz CT molecular complexity index is 352. The maximum absolute atomic E-state index is 10.8. The summed E-state index contributed by atoms with van der Waals surface area (Å²) in [4.78, 5) is 14.6. The standard InChI is InChI=1S/C11H15NO4/c1-8(2)15-5-6-16-10-7-12-4-3-9(10)11(13)14/h3-4,7-8H,5-6H2,1-2H3,(H,13,14). The van der Waals surface area contributed by atoms with Crippen LogP contribution >= 0.6 is 0 Å². The molecule has 0 atom stereocenters. The van der Waals surface area contributed by atoms with Gasteiger partial charge in [-0.3, -0.25) is 4.98 Å². The number of pyridine rings is 1. The minimum atomic E-state index is -1.03. The molecular weight excluding hydrogens is 210 g/mol. The van der Waals surface area contributed by atoms with Crippen molar-refractivity contribution in [3.63, 3.8) is 0 Å². The van der Waals surface area contributed by atoms with Gasteiger partial charge in [0.05, 0.1) is 18.9 Å². The van der Waals surface area contributed by atoms with Gasteiger partial charge in [-0.15, -0.1) is 0 Å². The lowest BCUT2D eigenvalue weighted by Gasteiger charge is -2.10. The number of aromatic carboxylic acids is 1. The van der Waals surface area contributed by atoms with Crippen molar-refractivity contribution in [3.05, 3.63) is 24.0 Å². The minimum Gasteiger partial charge on any atom is -0.489 e. The Morgan fingerprint density at radius 1 is 1.50 bits per heavy atom. The molecule has 0 unspecified atom stereocenters. The zero-order valence-electron chi connectivity index (χ0n) is 9.34. The van der Waals surface area contributed by atoms with Crippen LogP contribution in [0, 0.1) is 0 Å². The van der Waals surface area contributed by atoms with E-state index in [9.17, 15) is 4.79 Å². The van der Waals surface area contributed by atoms with Gasteiger partial charge in [-0.05, 0) is 19.9 Å². The van der Waals surface area contributed by atoms with E-state index in [2.05, 4.69) is 4.98 Å². The molecular formula is C11H15NO4. The summed E-state index contributed by atoms with van der Waals surface area (Å²) in [5.41, 5.74) is 0.111. The normalized spacial score (nSPS) is 10.4. The number of ether oxygens (including phenoxy) is 2. The van der Waals surface area contributed by atoms with Gasteiger partial charge in [0.15, 0.2) is 5.75 Å². The van der Waals surface area contributed by atoms with Gasteiger partial charge in [0.25, 0.3) is 0 Å². The Labute approximate surface area is 94.0 Å². The summed E-state index contributed by atoms with van der Waals surface area (Å²) in [6.07, 6.45) is 2.94. The number of carboxylic acids is 1. The molecule has 1 rings (SSSR count). The third-order valence-corrected chi connectivity index (χ3v) is 1.81. The highest BCUT2D eigenvalue weighted by Crippen LogP contribution is 2.15. The number of carboxylic acid groups (broad SMARTS) is 1. The zero-order chi connectivity index (χ0) is 12.0. The number of hydrogen-bond donors (Lipinski definition) is 1. The van der Waals surface area contributed by atoms with E-state index in [1.165, 1.54) is 18.5 Å². The number of rotatable bonds is 6. The van der Waals surface area contributed by atoms with E-state index in [1.807, 2.05) is 13.8 Å². The van der Waals surface area contributed by atoms with Gasteiger partial charge in [-0.2, -0.15) is 0 Å². The second-order valence-electron chi connectivity index (χ2n) is 3.44. The molecule has 5 heteroatoms.